The molecular weight excluding hydrogens is 255 g/mol. The third-order valence-corrected chi connectivity index (χ3v) is 3.85. The number of aromatic nitrogens is 2. The summed E-state index contributed by atoms with van der Waals surface area (Å²) in [4.78, 5) is 0. The van der Waals surface area contributed by atoms with Gasteiger partial charge in [-0.3, -0.25) is 0 Å². The number of benzene rings is 1. The van der Waals surface area contributed by atoms with E-state index in [4.69, 9.17) is 0 Å². The summed E-state index contributed by atoms with van der Waals surface area (Å²) in [5, 5.41) is 14.2. The van der Waals surface area contributed by atoms with Gasteiger partial charge in [0.1, 0.15) is 5.82 Å². The Labute approximate surface area is 117 Å². The molecule has 20 heavy (non-hydrogen) atoms. The number of halogens is 1. The second kappa shape index (κ2) is 4.87. The average molecular weight is 272 g/mol. The lowest BCUT2D eigenvalue weighted by atomic mass is 9.96. The molecule has 0 radical (unpaired) electrons. The Morgan fingerprint density at radius 3 is 2.50 bits per heavy atom. The molecule has 0 fully saturated rings. The van der Waals surface area contributed by atoms with E-state index in [2.05, 4.69) is 5.10 Å². The minimum Gasteiger partial charge on any atom is -0.389 e. The maximum absolute atomic E-state index is 13.0. The molecule has 1 aromatic carbocycles. The van der Waals surface area contributed by atoms with Crippen LogP contribution < -0.4 is 0 Å². The Balaban J connectivity index is 2.02. The first kappa shape index (κ1) is 13.1. The minimum atomic E-state index is -0.368. The van der Waals surface area contributed by atoms with Crippen LogP contribution in [0.15, 0.2) is 36.4 Å². The molecule has 1 aliphatic carbocycles. The van der Waals surface area contributed by atoms with E-state index in [1.54, 1.807) is 12.1 Å². The summed E-state index contributed by atoms with van der Waals surface area (Å²) in [5.41, 5.74) is 4.00. The van der Waals surface area contributed by atoms with E-state index >= 15 is 0 Å². The molecule has 3 nitrogen and oxygen atoms in total. The van der Waals surface area contributed by atoms with E-state index in [9.17, 15) is 9.50 Å². The second-order valence-electron chi connectivity index (χ2n) is 5.27. The third kappa shape index (κ3) is 2.16. The van der Waals surface area contributed by atoms with Crippen molar-refractivity contribution < 1.29 is 9.50 Å². The summed E-state index contributed by atoms with van der Waals surface area (Å²) in [6.07, 6.45) is 4.21. The summed E-state index contributed by atoms with van der Waals surface area (Å²) in [6.45, 7) is 3.98. The van der Waals surface area contributed by atoms with Crippen LogP contribution in [0.5, 0.6) is 0 Å². The van der Waals surface area contributed by atoms with Crippen LogP contribution in [-0.2, 0) is 0 Å². The number of hydrogen-bond donors (Lipinski definition) is 1. The van der Waals surface area contributed by atoms with Crippen molar-refractivity contribution in [2.75, 3.05) is 0 Å². The van der Waals surface area contributed by atoms with Gasteiger partial charge in [-0.05, 0) is 44.5 Å². The molecule has 1 aliphatic rings. The molecular formula is C16H17FN2O. The van der Waals surface area contributed by atoms with Crippen molar-refractivity contribution in [3.8, 4) is 5.69 Å². The van der Waals surface area contributed by atoms with E-state index in [1.807, 2.05) is 30.7 Å². The first-order chi connectivity index (χ1) is 9.56. The van der Waals surface area contributed by atoms with E-state index in [0.717, 1.165) is 22.6 Å². The lowest BCUT2D eigenvalue weighted by molar-refractivity contribution is 0.218. The number of rotatable bonds is 2. The number of aryl methyl sites for hydroxylation is 1. The monoisotopic (exact) mass is 272 g/mol. The molecule has 0 amide bonds. The zero-order valence-corrected chi connectivity index (χ0v) is 11.5. The zero-order valence-electron chi connectivity index (χ0n) is 11.5. The van der Waals surface area contributed by atoms with Gasteiger partial charge in [-0.15, -0.1) is 0 Å². The molecule has 1 heterocycles. The normalized spacial score (nSPS) is 21.6. The number of allylic oxidation sites excluding steroid dienone is 1. The molecule has 4 heteroatoms. The summed E-state index contributed by atoms with van der Waals surface area (Å²) in [6, 6.07) is 6.31. The first-order valence-corrected chi connectivity index (χ1v) is 6.74. The third-order valence-electron chi connectivity index (χ3n) is 3.85. The summed E-state index contributed by atoms with van der Waals surface area (Å²) < 4.78 is 14.8. The molecule has 0 saturated heterocycles. The maximum atomic E-state index is 13.0. The molecule has 0 bridgehead atoms. The van der Waals surface area contributed by atoms with Crippen molar-refractivity contribution in [1.29, 1.82) is 0 Å². The van der Waals surface area contributed by atoms with Crippen molar-refractivity contribution in [2.45, 2.75) is 32.3 Å². The maximum Gasteiger partial charge on any atom is 0.123 e. The summed E-state index contributed by atoms with van der Waals surface area (Å²) in [5.74, 6) is -0.0449. The van der Waals surface area contributed by atoms with Gasteiger partial charge in [0.25, 0.3) is 0 Å². The minimum absolute atomic E-state index is 0.208. The van der Waals surface area contributed by atoms with E-state index in [-0.39, 0.29) is 17.8 Å². The van der Waals surface area contributed by atoms with Gasteiger partial charge >= 0.3 is 0 Å². The fourth-order valence-electron chi connectivity index (χ4n) is 2.92. The van der Waals surface area contributed by atoms with Crippen LogP contribution in [0.4, 0.5) is 4.39 Å². The molecule has 104 valence electrons. The van der Waals surface area contributed by atoms with E-state index in [1.165, 1.54) is 12.1 Å². The van der Waals surface area contributed by atoms with Crippen molar-refractivity contribution in [3.05, 3.63) is 59.2 Å². The number of hydrogen-bond acceptors (Lipinski definition) is 2. The van der Waals surface area contributed by atoms with Crippen LogP contribution in [0.3, 0.4) is 0 Å². The quantitative estimate of drug-likeness (QED) is 0.853. The van der Waals surface area contributed by atoms with E-state index < -0.39 is 0 Å². The average Bonchev–Trinajstić information content (AvgIpc) is 2.95. The molecule has 3 rings (SSSR count). The second-order valence-corrected chi connectivity index (χ2v) is 5.27. The number of aliphatic hydroxyl groups excluding tert-OH is 1. The van der Waals surface area contributed by atoms with Gasteiger partial charge in [-0.1, -0.05) is 12.2 Å². The highest BCUT2D eigenvalue weighted by atomic mass is 19.1. The Morgan fingerprint density at radius 1 is 1.20 bits per heavy atom. The van der Waals surface area contributed by atoms with Crippen molar-refractivity contribution in [1.82, 2.24) is 9.78 Å². The van der Waals surface area contributed by atoms with Gasteiger partial charge in [0, 0.05) is 17.2 Å². The van der Waals surface area contributed by atoms with Crippen LogP contribution in [0, 0.1) is 19.7 Å². The highest BCUT2D eigenvalue weighted by molar-refractivity contribution is 5.41. The van der Waals surface area contributed by atoms with Crippen molar-refractivity contribution in [2.24, 2.45) is 0 Å². The molecule has 2 aromatic rings. The fraction of sp³-hybridized carbons (Fsp3) is 0.312. The van der Waals surface area contributed by atoms with E-state index in [0.29, 0.717) is 6.42 Å². The van der Waals surface area contributed by atoms with Gasteiger partial charge in [-0.25, -0.2) is 9.07 Å². The van der Waals surface area contributed by atoms with Gasteiger partial charge in [0.15, 0.2) is 0 Å². The SMILES string of the molecule is Cc1nn(-c2ccc(F)cc2)c(C)c1[C@H]1C=C[C@@H](O)C1. The Morgan fingerprint density at radius 2 is 1.90 bits per heavy atom. The lowest BCUT2D eigenvalue weighted by Gasteiger charge is -2.10. The zero-order chi connectivity index (χ0) is 14.3. The van der Waals surface area contributed by atoms with Crippen molar-refractivity contribution >= 4 is 0 Å². The Kier molecular flexibility index (Phi) is 3.18. The smallest absolute Gasteiger partial charge is 0.123 e. The highest BCUT2D eigenvalue weighted by Gasteiger charge is 2.24. The predicted octanol–water partition coefficient (Wildman–Crippen LogP) is 3.03. The Hall–Kier alpha value is -1.94. The number of nitrogens with zero attached hydrogens (tertiary/aromatic N) is 2. The van der Waals surface area contributed by atoms with Crippen LogP contribution >= 0.6 is 0 Å². The number of aliphatic hydroxyl groups is 1. The molecule has 0 spiro atoms. The molecule has 2 atom stereocenters. The summed E-state index contributed by atoms with van der Waals surface area (Å²) in [7, 11) is 0. The summed E-state index contributed by atoms with van der Waals surface area (Å²) >= 11 is 0. The van der Waals surface area contributed by atoms with Crippen LogP contribution in [0.2, 0.25) is 0 Å². The van der Waals surface area contributed by atoms with Gasteiger partial charge in [-0.2, -0.15) is 5.10 Å². The standard InChI is InChI=1S/C16H17FN2O/c1-10-16(12-3-8-15(20)9-12)11(2)19(18-10)14-6-4-13(17)5-7-14/h3-8,12,15,20H,9H2,1-2H3/t12-,15+/m0/s1. The van der Waals surface area contributed by atoms with Gasteiger partial charge in [0.2, 0.25) is 0 Å². The fourth-order valence-corrected chi connectivity index (χ4v) is 2.92. The van der Waals surface area contributed by atoms with Crippen LogP contribution in [0.1, 0.15) is 29.3 Å². The predicted molar refractivity (Wildman–Crippen MR) is 75.5 cm³/mol. The molecule has 1 N–H and O–H groups in total. The Bertz CT molecular complexity index is 658. The van der Waals surface area contributed by atoms with Gasteiger partial charge < -0.3 is 5.11 Å². The first-order valence-electron chi connectivity index (χ1n) is 6.74. The highest BCUT2D eigenvalue weighted by Crippen LogP contribution is 2.33. The van der Waals surface area contributed by atoms with Crippen LogP contribution in [-0.4, -0.2) is 21.0 Å². The molecule has 0 saturated carbocycles. The molecule has 0 unspecified atom stereocenters. The molecule has 0 aliphatic heterocycles. The van der Waals surface area contributed by atoms with Crippen molar-refractivity contribution in [3.63, 3.8) is 0 Å². The molecule has 1 aromatic heterocycles. The lowest BCUT2D eigenvalue weighted by Crippen LogP contribution is -2.03. The topological polar surface area (TPSA) is 38.0 Å². The largest absolute Gasteiger partial charge is 0.389 e. The van der Waals surface area contributed by atoms with Crippen LogP contribution in [0.25, 0.3) is 5.69 Å². The van der Waals surface area contributed by atoms with Gasteiger partial charge in [0.05, 0.1) is 17.5 Å².